The molecule has 170 valence electrons. The highest BCUT2D eigenvalue weighted by Crippen LogP contribution is 2.29. The number of carbonyl (C=O) groups is 2. The van der Waals surface area contributed by atoms with Crippen molar-refractivity contribution < 1.29 is 41.5 Å². The van der Waals surface area contributed by atoms with Crippen LogP contribution in [0.4, 0.5) is 13.2 Å². The van der Waals surface area contributed by atoms with Crippen LogP contribution < -0.4 is 5.32 Å². The zero-order chi connectivity index (χ0) is 22.4. The minimum atomic E-state index is -5.08. The molecule has 2 aliphatic heterocycles. The number of halogens is 3. The van der Waals surface area contributed by atoms with Crippen molar-refractivity contribution in [2.24, 2.45) is 5.92 Å². The Kier molecular flexibility index (Phi) is 7.33. The number of aromatic nitrogens is 1. The Balaban J connectivity index is 0.000000339. The normalized spacial score (nSPS) is 23.9. The standard InChI is InChI=1S/C17H21N3O4.C2HF3O2/c21-17(15-5-6-18-24-15)19-14-11-20(10-13-4-2-7-22-13)9-12-3-1-8-23-16(12)14;3-2(4,5)1(6)7/h2,4-7,12,14,16H,1,3,8-11H2,(H,19,21);(H,6,7)/t12-,14+,16-;/m0./s1. The molecular weight excluding hydrogens is 423 g/mol. The van der Waals surface area contributed by atoms with Gasteiger partial charge in [0.15, 0.2) is 0 Å². The number of hydrogen-bond acceptors (Lipinski definition) is 7. The lowest BCUT2D eigenvalue weighted by molar-refractivity contribution is -0.192. The van der Waals surface area contributed by atoms with Gasteiger partial charge in [-0.05, 0) is 30.9 Å². The van der Waals surface area contributed by atoms with Crippen LogP contribution in [-0.4, -0.2) is 65.1 Å². The first-order valence-corrected chi connectivity index (χ1v) is 9.62. The van der Waals surface area contributed by atoms with Crippen LogP contribution in [0, 0.1) is 5.92 Å². The highest BCUT2D eigenvalue weighted by Gasteiger charge is 2.40. The van der Waals surface area contributed by atoms with Gasteiger partial charge in [0, 0.05) is 25.8 Å². The van der Waals surface area contributed by atoms with E-state index in [2.05, 4.69) is 15.4 Å². The Morgan fingerprint density at radius 3 is 2.68 bits per heavy atom. The summed E-state index contributed by atoms with van der Waals surface area (Å²) in [4.78, 5) is 23.6. The van der Waals surface area contributed by atoms with E-state index >= 15 is 0 Å². The second kappa shape index (κ2) is 9.96. The smallest absolute Gasteiger partial charge is 0.475 e. The molecule has 2 fully saturated rings. The number of amides is 1. The number of piperidine rings is 1. The second-order valence-electron chi connectivity index (χ2n) is 7.27. The summed E-state index contributed by atoms with van der Waals surface area (Å²) in [6.45, 7) is 3.18. The summed E-state index contributed by atoms with van der Waals surface area (Å²) in [7, 11) is 0. The summed E-state index contributed by atoms with van der Waals surface area (Å²) in [6, 6.07) is 5.37. The van der Waals surface area contributed by atoms with Gasteiger partial charge in [0.25, 0.3) is 5.91 Å². The highest BCUT2D eigenvalue weighted by molar-refractivity contribution is 5.91. The minimum absolute atomic E-state index is 0.0541. The lowest BCUT2D eigenvalue weighted by Crippen LogP contribution is -2.60. The fourth-order valence-electron chi connectivity index (χ4n) is 3.75. The Labute approximate surface area is 175 Å². The number of hydrogen-bond donors (Lipinski definition) is 2. The zero-order valence-electron chi connectivity index (χ0n) is 16.4. The molecule has 2 aliphatic rings. The Morgan fingerprint density at radius 1 is 1.29 bits per heavy atom. The first-order valence-electron chi connectivity index (χ1n) is 9.62. The summed E-state index contributed by atoms with van der Waals surface area (Å²) in [6.07, 6.45) is 0.318. The molecule has 0 saturated carbocycles. The minimum Gasteiger partial charge on any atom is -0.475 e. The summed E-state index contributed by atoms with van der Waals surface area (Å²) in [5.74, 6) is -1.42. The monoisotopic (exact) mass is 445 g/mol. The van der Waals surface area contributed by atoms with Gasteiger partial charge < -0.3 is 24.1 Å². The van der Waals surface area contributed by atoms with Crippen LogP contribution in [-0.2, 0) is 16.1 Å². The van der Waals surface area contributed by atoms with Crippen LogP contribution in [0.2, 0.25) is 0 Å². The Bertz CT molecular complexity index is 841. The van der Waals surface area contributed by atoms with Gasteiger partial charge in [0.05, 0.1) is 31.2 Å². The SMILES string of the molecule is O=C(N[C@@H]1CN(Cc2ccco2)C[C@@H]2CCCO[C@@H]21)c1ccno1.O=C(O)C(F)(F)F. The molecule has 12 heteroatoms. The molecule has 0 spiro atoms. The number of ether oxygens (including phenoxy) is 1. The maximum Gasteiger partial charge on any atom is 0.490 e. The first-order chi connectivity index (χ1) is 14.7. The molecule has 4 heterocycles. The van der Waals surface area contributed by atoms with Crippen LogP contribution in [0.1, 0.15) is 29.2 Å². The van der Waals surface area contributed by atoms with Crippen molar-refractivity contribution in [3.63, 3.8) is 0 Å². The molecule has 0 aliphatic carbocycles. The van der Waals surface area contributed by atoms with Crippen LogP contribution in [0.15, 0.2) is 39.6 Å². The molecule has 31 heavy (non-hydrogen) atoms. The summed E-state index contributed by atoms with van der Waals surface area (Å²) in [5.41, 5.74) is 0. The van der Waals surface area contributed by atoms with E-state index in [0.29, 0.717) is 5.92 Å². The fraction of sp³-hybridized carbons (Fsp3) is 0.526. The summed E-state index contributed by atoms with van der Waals surface area (Å²) < 4.78 is 48.1. The van der Waals surface area contributed by atoms with Gasteiger partial charge in [-0.1, -0.05) is 5.16 Å². The number of nitrogens with zero attached hydrogens (tertiary/aromatic N) is 2. The molecule has 2 saturated heterocycles. The van der Waals surface area contributed by atoms with E-state index in [0.717, 1.165) is 44.8 Å². The average Bonchev–Trinajstić information content (AvgIpc) is 3.42. The van der Waals surface area contributed by atoms with Gasteiger partial charge in [-0.15, -0.1) is 0 Å². The van der Waals surface area contributed by atoms with Crippen LogP contribution >= 0.6 is 0 Å². The molecule has 0 bridgehead atoms. The predicted molar refractivity (Wildman–Crippen MR) is 97.9 cm³/mol. The molecular formula is C19H22F3N3O6. The number of carboxylic acids is 1. The molecule has 1 amide bonds. The number of likely N-dealkylation sites (tertiary alicyclic amines) is 1. The number of carbonyl (C=O) groups excluding carboxylic acids is 1. The van der Waals surface area contributed by atoms with Crippen molar-refractivity contribution in [1.29, 1.82) is 0 Å². The number of rotatable bonds is 4. The summed E-state index contributed by atoms with van der Waals surface area (Å²) in [5, 5.41) is 13.8. The van der Waals surface area contributed by atoms with Crippen molar-refractivity contribution >= 4 is 11.9 Å². The van der Waals surface area contributed by atoms with E-state index in [1.54, 1.807) is 12.3 Å². The van der Waals surface area contributed by atoms with Crippen molar-refractivity contribution in [1.82, 2.24) is 15.4 Å². The van der Waals surface area contributed by atoms with Gasteiger partial charge in [-0.2, -0.15) is 13.2 Å². The third kappa shape index (κ3) is 6.31. The van der Waals surface area contributed by atoms with Crippen LogP contribution in [0.5, 0.6) is 0 Å². The number of carboxylic acid groups (broad SMARTS) is 1. The molecule has 2 aromatic heterocycles. The van der Waals surface area contributed by atoms with Crippen molar-refractivity contribution in [2.45, 2.75) is 37.7 Å². The lowest BCUT2D eigenvalue weighted by Gasteiger charge is -2.45. The topological polar surface area (TPSA) is 118 Å². The summed E-state index contributed by atoms with van der Waals surface area (Å²) >= 11 is 0. The number of fused-ring (bicyclic) bond motifs is 1. The number of aliphatic carboxylic acids is 1. The zero-order valence-corrected chi connectivity index (χ0v) is 16.4. The first kappa shape index (κ1) is 22.8. The molecule has 0 radical (unpaired) electrons. The lowest BCUT2D eigenvalue weighted by atomic mass is 9.85. The molecule has 2 N–H and O–H groups in total. The van der Waals surface area contributed by atoms with Gasteiger partial charge in [-0.3, -0.25) is 9.69 Å². The fourth-order valence-corrected chi connectivity index (χ4v) is 3.75. The maximum absolute atomic E-state index is 12.3. The Morgan fingerprint density at radius 2 is 2.06 bits per heavy atom. The quantitative estimate of drug-likeness (QED) is 0.736. The van der Waals surface area contributed by atoms with Gasteiger partial charge in [0.2, 0.25) is 5.76 Å². The van der Waals surface area contributed by atoms with Crippen molar-refractivity contribution in [3.8, 4) is 0 Å². The van der Waals surface area contributed by atoms with E-state index in [1.165, 1.54) is 6.20 Å². The van der Waals surface area contributed by atoms with Gasteiger partial charge in [-0.25, -0.2) is 4.79 Å². The van der Waals surface area contributed by atoms with Crippen molar-refractivity contribution in [2.75, 3.05) is 19.7 Å². The molecule has 0 unspecified atom stereocenters. The Hall–Kier alpha value is -2.86. The van der Waals surface area contributed by atoms with E-state index < -0.39 is 12.1 Å². The number of alkyl halides is 3. The molecule has 4 rings (SSSR count). The van der Waals surface area contributed by atoms with E-state index in [9.17, 15) is 18.0 Å². The molecule has 2 aromatic rings. The highest BCUT2D eigenvalue weighted by atomic mass is 19.4. The third-order valence-corrected chi connectivity index (χ3v) is 5.02. The van der Waals surface area contributed by atoms with Gasteiger partial charge >= 0.3 is 12.1 Å². The largest absolute Gasteiger partial charge is 0.490 e. The number of furan rings is 1. The number of nitrogens with one attached hydrogen (secondary N) is 1. The van der Waals surface area contributed by atoms with E-state index in [4.69, 9.17) is 23.6 Å². The van der Waals surface area contributed by atoms with Crippen LogP contribution in [0.3, 0.4) is 0 Å². The van der Waals surface area contributed by atoms with E-state index in [-0.39, 0.29) is 23.8 Å². The maximum atomic E-state index is 12.3. The van der Waals surface area contributed by atoms with Crippen molar-refractivity contribution in [3.05, 3.63) is 42.2 Å². The van der Waals surface area contributed by atoms with Gasteiger partial charge in [0.1, 0.15) is 5.76 Å². The van der Waals surface area contributed by atoms with Crippen LogP contribution in [0.25, 0.3) is 0 Å². The predicted octanol–water partition coefficient (Wildman–Crippen LogP) is 2.31. The second-order valence-corrected chi connectivity index (χ2v) is 7.27. The third-order valence-electron chi connectivity index (χ3n) is 5.02. The molecule has 3 atom stereocenters. The average molecular weight is 445 g/mol. The van der Waals surface area contributed by atoms with E-state index in [1.807, 2.05) is 12.1 Å². The molecule has 9 nitrogen and oxygen atoms in total. The molecule has 0 aromatic carbocycles.